The van der Waals surface area contributed by atoms with E-state index in [9.17, 15) is 5.11 Å². The molecule has 0 bridgehead atoms. The Kier molecular flexibility index (Phi) is 3.97. The van der Waals surface area contributed by atoms with Crippen LogP contribution in [0.4, 0.5) is 0 Å². The van der Waals surface area contributed by atoms with Crippen LogP contribution in [0.1, 0.15) is 5.56 Å². The van der Waals surface area contributed by atoms with Gasteiger partial charge in [-0.1, -0.05) is 23.7 Å². The number of benzene rings is 2. The highest BCUT2D eigenvalue weighted by Crippen LogP contribution is 2.30. The molecule has 1 aliphatic rings. The van der Waals surface area contributed by atoms with Gasteiger partial charge in [-0.25, -0.2) is 0 Å². The van der Waals surface area contributed by atoms with Crippen molar-refractivity contribution in [2.24, 2.45) is 4.99 Å². The lowest BCUT2D eigenvalue weighted by Crippen LogP contribution is -2.31. The van der Waals surface area contributed by atoms with E-state index in [1.165, 1.54) is 6.07 Å². The van der Waals surface area contributed by atoms with Gasteiger partial charge in [0.05, 0.1) is 6.54 Å². The fourth-order valence-corrected chi connectivity index (χ4v) is 2.22. The maximum atomic E-state index is 9.43. The molecule has 0 unspecified atom stereocenters. The summed E-state index contributed by atoms with van der Waals surface area (Å²) in [5, 5.41) is 9.97. The normalized spacial score (nSPS) is 17.1. The van der Waals surface area contributed by atoms with Gasteiger partial charge in [-0.15, -0.1) is 0 Å². The van der Waals surface area contributed by atoms with E-state index in [0.717, 1.165) is 11.5 Å². The zero-order chi connectivity index (χ0) is 14.7. The number of ether oxygens (including phenoxy) is 2. The molecule has 3 rings (SSSR count). The van der Waals surface area contributed by atoms with E-state index in [4.69, 9.17) is 21.1 Å². The molecular weight excluding hydrogens is 290 g/mol. The van der Waals surface area contributed by atoms with Gasteiger partial charge in [0.15, 0.2) is 17.6 Å². The van der Waals surface area contributed by atoms with E-state index in [-0.39, 0.29) is 11.9 Å². The fraction of sp³-hybridized carbons (Fsp3) is 0.188. The lowest BCUT2D eigenvalue weighted by molar-refractivity contribution is 0.0973. The van der Waals surface area contributed by atoms with Gasteiger partial charge in [0.25, 0.3) is 0 Å². The molecule has 0 aromatic heterocycles. The maximum absolute atomic E-state index is 9.43. The van der Waals surface area contributed by atoms with Gasteiger partial charge >= 0.3 is 0 Å². The number of phenols is 1. The van der Waals surface area contributed by atoms with Gasteiger partial charge in [0, 0.05) is 16.8 Å². The Morgan fingerprint density at radius 2 is 2.05 bits per heavy atom. The van der Waals surface area contributed by atoms with Gasteiger partial charge < -0.3 is 14.6 Å². The maximum Gasteiger partial charge on any atom is 0.161 e. The van der Waals surface area contributed by atoms with Gasteiger partial charge in [0.2, 0.25) is 0 Å². The highest BCUT2D eigenvalue weighted by Gasteiger charge is 2.19. The molecule has 5 heteroatoms. The number of hydrogen-bond donors (Lipinski definition) is 1. The van der Waals surface area contributed by atoms with Crippen LogP contribution in [0, 0.1) is 0 Å². The summed E-state index contributed by atoms with van der Waals surface area (Å²) in [5.74, 6) is 1.65. The molecule has 0 spiro atoms. The number of rotatable bonds is 3. The number of hydrogen-bond acceptors (Lipinski definition) is 4. The van der Waals surface area contributed by atoms with Crippen LogP contribution in [0.25, 0.3) is 0 Å². The van der Waals surface area contributed by atoms with E-state index in [2.05, 4.69) is 4.99 Å². The fourth-order valence-electron chi connectivity index (χ4n) is 2.05. The van der Waals surface area contributed by atoms with Crippen LogP contribution in [0.2, 0.25) is 5.02 Å². The highest BCUT2D eigenvalue weighted by molar-refractivity contribution is 6.33. The Bertz CT molecular complexity index is 672. The van der Waals surface area contributed by atoms with Crippen molar-refractivity contribution in [3.05, 3.63) is 53.1 Å². The molecule has 2 aromatic rings. The largest absolute Gasteiger partial charge is 0.508 e. The summed E-state index contributed by atoms with van der Waals surface area (Å²) in [6.07, 6.45) is 1.50. The molecular formula is C16H14ClNO3. The van der Waals surface area contributed by atoms with Crippen molar-refractivity contribution >= 4 is 17.8 Å². The third-order valence-electron chi connectivity index (χ3n) is 3.09. The Morgan fingerprint density at radius 3 is 2.90 bits per heavy atom. The highest BCUT2D eigenvalue weighted by atomic mass is 35.5. The van der Waals surface area contributed by atoms with Crippen molar-refractivity contribution < 1.29 is 14.6 Å². The molecule has 4 nitrogen and oxygen atoms in total. The first-order chi connectivity index (χ1) is 10.2. The van der Waals surface area contributed by atoms with Gasteiger partial charge in [-0.3, -0.25) is 4.99 Å². The second-order valence-corrected chi connectivity index (χ2v) is 5.10. The first kappa shape index (κ1) is 13.8. The molecule has 21 heavy (non-hydrogen) atoms. The van der Waals surface area contributed by atoms with Gasteiger partial charge in [0.1, 0.15) is 12.4 Å². The van der Waals surface area contributed by atoms with E-state index in [1.807, 2.05) is 24.3 Å². The van der Waals surface area contributed by atoms with Crippen molar-refractivity contribution in [1.82, 2.24) is 0 Å². The summed E-state index contributed by atoms with van der Waals surface area (Å²) in [4.78, 5) is 4.31. The number of aliphatic imine (C=N–C) groups is 1. The SMILES string of the molecule is Oc1ccc(Cl)c(C=NC[C@@H]2COc3ccccc3O2)c1. The van der Waals surface area contributed by atoms with Crippen molar-refractivity contribution in [2.75, 3.05) is 13.2 Å². The van der Waals surface area contributed by atoms with Crippen LogP contribution in [0.15, 0.2) is 47.5 Å². The molecule has 108 valence electrons. The smallest absolute Gasteiger partial charge is 0.161 e. The molecule has 1 atom stereocenters. The molecule has 0 fully saturated rings. The zero-order valence-electron chi connectivity index (χ0n) is 11.2. The average Bonchev–Trinajstić information content (AvgIpc) is 2.50. The first-order valence-corrected chi connectivity index (χ1v) is 6.97. The zero-order valence-corrected chi connectivity index (χ0v) is 12.0. The molecule has 2 aromatic carbocycles. The summed E-state index contributed by atoms with van der Waals surface area (Å²) < 4.78 is 11.4. The standard InChI is InChI=1S/C16H14ClNO3/c17-14-6-5-12(19)7-11(14)8-18-9-13-10-20-15-3-1-2-4-16(15)21-13/h1-8,13,19H,9-10H2/t13-/m1/s1. The number of phenolic OH excluding ortho intramolecular Hbond substituents is 1. The second kappa shape index (κ2) is 6.06. The Balaban J connectivity index is 1.64. The van der Waals surface area contributed by atoms with E-state index < -0.39 is 0 Å². The Morgan fingerprint density at radius 1 is 1.24 bits per heavy atom. The van der Waals surface area contributed by atoms with E-state index in [0.29, 0.717) is 23.7 Å². The monoisotopic (exact) mass is 303 g/mol. The molecule has 1 heterocycles. The molecule has 0 aliphatic carbocycles. The quantitative estimate of drug-likeness (QED) is 0.885. The minimum atomic E-state index is -0.132. The number of para-hydroxylation sites is 2. The van der Waals surface area contributed by atoms with E-state index in [1.54, 1.807) is 18.3 Å². The first-order valence-electron chi connectivity index (χ1n) is 6.59. The molecule has 1 aliphatic heterocycles. The van der Waals surface area contributed by atoms with Gasteiger partial charge in [-0.2, -0.15) is 0 Å². The summed E-state index contributed by atoms with van der Waals surface area (Å²) in [5.41, 5.74) is 0.675. The number of halogens is 1. The van der Waals surface area contributed by atoms with Gasteiger partial charge in [-0.05, 0) is 30.3 Å². The third kappa shape index (κ3) is 3.28. The third-order valence-corrected chi connectivity index (χ3v) is 3.43. The van der Waals surface area contributed by atoms with Crippen molar-refractivity contribution in [1.29, 1.82) is 0 Å². The predicted molar refractivity (Wildman–Crippen MR) is 81.9 cm³/mol. The number of nitrogens with zero attached hydrogens (tertiary/aromatic N) is 1. The van der Waals surface area contributed by atoms with Crippen LogP contribution >= 0.6 is 11.6 Å². The summed E-state index contributed by atoms with van der Waals surface area (Å²) >= 11 is 6.03. The van der Waals surface area contributed by atoms with Crippen molar-refractivity contribution in [3.8, 4) is 17.2 Å². The van der Waals surface area contributed by atoms with Crippen LogP contribution in [-0.4, -0.2) is 30.6 Å². The molecule has 0 saturated heterocycles. The summed E-state index contributed by atoms with van der Waals surface area (Å²) in [7, 11) is 0. The molecule has 0 amide bonds. The summed E-state index contributed by atoms with van der Waals surface area (Å²) in [6.45, 7) is 0.919. The Hall–Kier alpha value is -2.20. The lowest BCUT2D eigenvalue weighted by atomic mass is 10.2. The van der Waals surface area contributed by atoms with Crippen LogP contribution in [0.5, 0.6) is 17.2 Å². The van der Waals surface area contributed by atoms with E-state index >= 15 is 0 Å². The molecule has 0 radical (unpaired) electrons. The van der Waals surface area contributed by atoms with Crippen molar-refractivity contribution in [2.45, 2.75) is 6.10 Å². The minimum absolute atomic E-state index is 0.132. The van der Waals surface area contributed by atoms with Crippen LogP contribution in [0.3, 0.4) is 0 Å². The van der Waals surface area contributed by atoms with Crippen LogP contribution in [-0.2, 0) is 0 Å². The Labute approximate surface area is 127 Å². The summed E-state index contributed by atoms with van der Waals surface area (Å²) in [6, 6.07) is 12.3. The average molecular weight is 304 g/mol. The molecule has 0 saturated carbocycles. The number of fused-ring (bicyclic) bond motifs is 1. The minimum Gasteiger partial charge on any atom is -0.508 e. The molecule has 1 N–H and O–H groups in total. The predicted octanol–water partition coefficient (Wildman–Crippen LogP) is 3.30. The second-order valence-electron chi connectivity index (χ2n) is 4.70. The number of aromatic hydroxyl groups is 1. The van der Waals surface area contributed by atoms with Crippen LogP contribution < -0.4 is 9.47 Å². The lowest BCUT2D eigenvalue weighted by Gasteiger charge is -2.25. The topological polar surface area (TPSA) is 51.1 Å². The van der Waals surface area contributed by atoms with Crippen molar-refractivity contribution in [3.63, 3.8) is 0 Å².